The minimum absolute atomic E-state index is 0.0523. The maximum atomic E-state index is 6.40. The first kappa shape index (κ1) is 12.6. The molecule has 0 spiro atoms. The number of aryl methyl sites for hydroxylation is 1. The van der Waals surface area contributed by atoms with E-state index in [4.69, 9.17) is 10.5 Å². The molecule has 2 heterocycles. The normalized spacial score (nSPS) is 26.3. The molecule has 0 bridgehead atoms. The zero-order valence-electron chi connectivity index (χ0n) is 10.8. The Morgan fingerprint density at radius 3 is 3.12 bits per heavy atom. The van der Waals surface area contributed by atoms with Crippen LogP contribution in [0.5, 0.6) is 0 Å². The zero-order valence-corrected chi connectivity index (χ0v) is 10.8. The average Bonchev–Trinajstić information content (AvgIpc) is 2.96. The highest BCUT2D eigenvalue weighted by Gasteiger charge is 2.33. The summed E-state index contributed by atoms with van der Waals surface area (Å²) in [4.78, 5) is 0. The van der Waals surface area contributed by atoms with Crippen LogP contribution in [0.2, 0.25) is 0 Å². The number of nitrogens with two attached hydrogens (primary N) is 1. The molecule has 0 amide bonds. The minimum atomic E-state index is 0.0523. The molecule has 1 saturated heterocycles. The summed E-state index contributed by atoms with van der Waals surface area (Å²) < 4.78 is 7.76. The predicted molar refractivity (Wildman–Crippen MR) is 67.6 cm³/mol. The SMILES string of the molecule is CCCn1nccc1C(N)C1CCOC1CC. The van der Waals surface area contributed by atoms with Crippen LogP contribution >= 0.6 is 0 Å². The molecule has 0 radical (unpaired) electrons. The summed E-state index contributed by atoms with van der Waals surface area (Å²) >= 11 is 0. The van der Waals surface area contributed by atoms with Crippen molar-refractivity contribution >= 4 is 0 Å². The van der Waals surface area contributed by atoms with Crippen molar-refractivity contribution in [1.82, 2.24) is 9.78 Å². The van der Waals surface area contributed by atoms with Crippen LogP contribution in [0.25, 0.3) is 0 Å². The molecule has 1 aromatic heterocycles. The van der Waals surface area contributed by atoms with Gasteiger partial charge >= 0.3 is 0 Å². The Bertz CT molecular complexity index is 350. The number of hydrogen-bond donors (Lipinski definition) is 1. The molecule has 1 fully saturated rings. The van der Waals surface area contributed by atoms with Crippen molar-refractivity contribution in [1.29, 1.82) is 0 Å². The van der Waals surface area contributed by atoms with Gasteiger partial charge in [-0.2, -0.15) is 5.10 Å². The average molecular weight is 237 g/mol. The van der Waals surface area contributed by atoms with E-state index in [1.165, 1.54) is 0 Å². The van der Waals surface area contributed by atoms with E-state index in [-0.39, 0.29) is 6.04 Å². The summed E-state index contributed by atoms with van der Waals surface area (Å²) in [7, 11) is 0. The van der Waals surface area contributed by atoms with Crippen LogP contribution in [-0.4, -0.2) is 22.5 Å². The maximum Gasteiger partial charge on any atom is 0.0620 e. The number of ether oxygens (including phenoxy) is 1. The van der Waals surface area contributed by atoms with Gasteiger partial charge in [0.15, 0.2) is 0 Å². The van der Waals surface area contributed by atoms with Crippen molar-refractivity contribution in [2.24, 2.45) is 11.7 Å². The second-order valence-electron chi connectivity index (χ2n) is 4.78. The molecule has 0 aromatic carbocycles. The van der Waals surface area contributed by atoms with Crippen LogP contribution in [0.3, 0.4) is 0 Å². The molecular weight excluding hydrogens is 214 g/mol. The summed E-state index contributed by atoms with van der Waals surface area (Å²) in [5.74, 6) is 0.437. The highest BCUT2D eigenvalue weighted by molar-refractivity contribution is 5.09. The van der Waals surface area contributed by atoms with E-state index in [1.807, 2.05) is 16.9 Å². The van der Waals surface area contributed by atoms with E-state index in [9.17, 15) is 0 Å². The van der Waals surface area contributed by atoms with E-state index in [2.05, 4.69) is 18.9 Å². The van der Waals surface area contributed by atoms with Crippen molar-refractivity contribution in [3.05, 3.63) is 18.0 Å². The Kier molecular flexibility index (Phi) is 4.18. The molecule has 3 unspecified atom stereocenters. The summed E-state index contributed by atoms with van der Waals surface area (Å²) in [5.41, 5.74) is 7.55. The lowest BCUT2D eigenvalue weighted by molar-refractivity contribution is 0.0805. The van der Waals surface area contributed by atoms with E-state index in [0.717, 1.165) is 38.1 Å². The monoisotopic (exact) mass is 237 g/mol. The smallest absolute Gasteiger partial charge is 0.0620 e. The third-order valence-electron chi connectivity index (χ3n) is 3.65. The second-order valence-corrected chi connectivity index (χ2v) is 4.78. The standard InChI is InChI=1S/C13H23N3O/c1-3-8-16-11(5-7-15-16)13(14)10-6-9-17-12(10)4-2/h5,7,10,12-13H,3-4,6,8-9,14H2,1-2H3. The summed E-state index contributed by atoms with van der Waals surface area (Å²) in [6, 6.07) is 2.10. The topological polar surface area (TPSA) is 53.1 Å². The maximum absolute atomic E-state index is 6.40. The van der Waals surface area contributed by atoms with Crippen molar-refractivity contribution in [3.8, 4) is 0 Å². The van der Waals surface area contributed by atoms with Crippen molar-refractivity contribution in [2.45, 2.75) is 51.8 Å². The Morgan fingerprint density at radius 1 is 1.59 bits per heavy atom. The van der Waals surface area contributed by atoms with E-state index in [1.54, 1.807) is 0 Å². The molecule has 3 atom stereocenters. The van der Waals surface area contributed by atoms with Crippen LogP contribution in [0, 0.1) is 5.92 Å². The minimum Gasteiger partial charge on any atom is -0.378 e. The fraction of sp³-hybridized carbons (Fsp3) is 0.769. The number of rotatable bonds is 5. The number of nitrogens with zero attached hydrogens (tertiary/aromatic N) is 2. The molecule has 4 nitrogen and oxygen atoms in total. The van der Waals surface area contributed by atoms with Gasteiger partial charge in [-0.3, -0.25) is 4.68 Å². The van der Waals surface area contributed by atoms with Gasteiger partial charge in [0.2, 0.25) is 0 Å². The lowest BCUT2D eigenvalue weighted by Crippen LogP contribution is -2.30. The first-order valence-electron chi connectivity index (χ1n) is 6.66. The zero-order chi connectivity index (χ0) is 12.3. The molecule has 0 saturated carbocycles. The van der Waals surface area contributed by atoms with Crippen molar-refractivity contribution in [2.75, 3.05) is 6.61 Å². The Morgan fingerprint density at radius 2 is 2.41 bits per heavy atom. The molecule has 17 heavy (non-hydrogen) atoms. The molecule has 96 valence electrons. The predicted octanol–water partition coefficient (Wildman–Crippen LogP) is 2.11. The Hall–Kier alpha value is -0.870. The molecule has 0 aliphatic carbocycles. The van der Waals surface area contributed by atoms with E-state index >= 15 is 0 Å². The Balaban J connectivity index is 2.12. The van der Waals surface area contributed by atoms with Gasteiger partial charge in [-0.05, 0) is 25.3 Å². The molecule has 4 heteroatoms. The van der Waals surface area contributed by atoms with Gasteiger partial charge in [0.05, 0.1) is 17.8 Å². The highest BCUT2D eigenvalue weighted by atomic mass is 16.5. The van der Waals surface area contributed by atoms with E-state index in [0.29, 0.717) is 12.0 Å². The van der Waals surface area contributed by atoms with Crippen LogP contribution in [0.1, 0.15) is 44.8 Å². The summed E-state index contributed by atoms with van der Waals surface area (Å²) in [6.45, 7) is 6.11. The summed E-state index contributed by atoms with van der Waals surface area (Å²) in [6.07, 6.45) is 5.36. The molecule has 1 aliphatic rings. The second kappa shape index (κ2) is 5.65. The quantitative estimate of drug-likeness (QED) is 0.853. The third-order valence-corrected chi connectivity index (χ3v) is 3.65. The van der Waals surface area contributed by atoms with Crippen molar-refractivity contribution in [3.63, 3.8) is 0 Å². The van der Waals surface area contributed by atoms with Crippen LogP contribution < -0.4 is 5.73 Å². The molecule has 2 rings (SSSR count). The summed E-state index contributed by atoms with van der Waals surface area (Å²) in [5, 5.41) is 4.35. The fourth-order valence-corrected chi connectivity index (χ4v) is 2.74. The first-order chi connectivity index (χ1) is 8.27. The van der Waals surface area contributed by atoms with Gasteiger partial charge < -0.3 is 10.5 Å². The van der Waals surface area contributed by atoms with Gasteiger partial charge in [0, 0.05) is 25.3 Å². The molecular formula is C13H23N3O. The molecule has 2 N–H and O–H groups in total. The van der Waals surface area contributed by atoms with Gasteiger partial charge in [0.1, 0.15) is 0 Å². The van der Waals surface area contributed by atoms with Gasteiger partial charge in [-0.15, -0.1) is 0 Å². The largest absolute Gasteiger partial charge is 0.378 e. The van der Waals surface area contributed by atoms with Crippen LogP contribution in [-0.2, 0) is 11.3 Å². The lowest BCUT2D eigenvalue weighted by Gasteiger charge is -2.24. The number of aromatic nitrogens is 2. The van der Waals surface area contributed by atoms with E-state index < -0.39 is 0 Å². The van der Waals surface area contributed by atoms with Gasteiger partial charge in [-0.1, -0.05) is 13.8 Å². The molecule has 1 aliphatic heterocycles. The van der Waals surface area contributed by atoms with Gasteiger partial charge in [-0.25, -0.2) is 0 Å². The van der Waals surface area contributed by atoms with Crippen molar-refractivity contribution < 1.29 is 4.74 Å². The third kappa shape index (κ3) is 2.53. The highest BCUT2D eigenvalue weighted by Crippen LogP contribution is 2.33. The van der Waals surface area contributed by atoms with Crippen LogP contribution in [0.15, 0.2) is 12.3 Å². The number of hydrogen-bond acceptors (Lipinski definition) is 3. The first-order valence-corrected chi connectivity index (χ1v) is 6.66. The lowest BCUT2D eigenvalue weighted by atomic mass is 9.90. The van der Waals surface area contributed by atoms with Crippen LogP contribution in [0.4, 0.5) is 0 Å². The fourth-order valence-electron chi connectivity index (χ4n) is 2.74. The molecule has 1 aromatic rings. The van der Waals surface area contributed by atoms with Gasteiger partial charge in [0.25, 0.3) is 0 Å². The Labute approximate surface area is 103 Å².